The zero-order valence-electron chi connectivity index (χ0n) is 17.3. The number of amides is 1. The topological polar surface area (TPSA) is 89.0 Å². The Morgan fingerprint density at radius 1 is 1.12 bits per heavy atom. The highest BCUT2D eigenvalue weighted by Crippen LogP contribution is 2.43. The smallest absolute Gasteiger partial charge is 0.300 e. The van der Waals surface area contributed by atoms with Crippen LogP contribution < -0.4 is 14.4 Å². The fourth-order valence-electron chi connectivity index (χ4n) is 4.21. The molecule has 1 unspecified atom stereocenters. The number of aromatic nitrogens is 1. The van der Waals surface area contributed by atoms with Crippen molar-refractivity contribution >= 4 is 23.1 Å². The normalized spacial score (nSPS) is 19.0. The Kier molecular flexibility index (Phi) is 4.86. The van der Waals surface area contributed by atoms with E-state index >= 15 is 0 Å². The Morgan fingerprint density at radius 3 is 2.72 bits per heavy atom. The van der Waals surface area contributed by atoms with E-state index in [1.807, 2.05) is 0 Å². The molecule has 2 aromatic carbocycles. The molecule has 5 rings (SSSR count). The van der Waals surface area contributed by atoms with Crippen molar-refractivity contribution in [2.24, 2.45) is 0 Å². The lowest BCUT2D eigenvalue weighted by molar-refractivity contribution is -0.132. The summed E-state index contributed by atoms with van der Waals surface area (Å²) < 4.78 is 10.8. The Balaban J connectivity index is 1.69. The van der Waals surface area contributed by atoms with Gasteiger partial charge in [-0.05, 0) is 53.6 Å². The molecule has 2 aliphatic rings. The molecule has 3 heterocycles. The molecule has 0 aliphatic carbocycles. The summed E-state index contributed by atoms with van der Waals surface area (Å²) in [5.74, 6) is -0.360. The van der Waals surface area contributed by atoms with E-state index in [4.69, 9.17) is 9.47 Å². The molecule has 1 fully saturated rings. The van der Waals surface area contributed by atoms with Gasteiger partial charge in [0, 0.05) is 36.1 Å². The van der Waals surface area contributed by atoms with Crippen molar-refractivity contribution in [3.05, 3.63) is 89.3 Å². The standard InChI is InChI=1S/C25H20N2O5/c1-31-19-4-2-3-18(14-19)27-22(15-7-10-26-11-8-15)21(24(29)25(27)30)23(28)17-5-6-20-16(13-17)9-12-32-20/h2-8,10-11,13-14,22,28H,9,12H2,1H3/b23-21-. The third-order valence-electron chi connectivity index (χ3n) is 5.76. The number of nitrogens with zero attached hydrogens (tertiary/aromatic N) is 2. The number of Topliss-reactive ketones (excluding diaryl/α,β-unsaturated/α-hetero) is 1. The molecule has 0 saturated carbocycles. The molecular weight excluding hydrogens is 408 g/mol. The third kappa shape index (κ3) is 3.19. The molecule has 160 valence electrons. The van der Waals surface area contributed by atoms with Gasteiger partial charge in [0.1, 0.15) is 17.3 Å². The van der Waals surface area contributed by atoms with Crippen molar-refractivity contribution in [3.63, 3.8) is 0 Å². The van der Waals surface area contributed by atoms with Crippen LogP contribution in [0.4, 0.5) is 5.69 Å². The van der Waals surface area contributed by atoms with E-state index in [1.165, 1.54) is 12.0 Å². The average Bonchev–Trinajstić information content (AvgIpc) is 3.41. The number of pyridine rings is 1. The zero-order valence-corrected chi connectivity index (χ0v) is 17.3. The predicted molar refractivity (Wildman–Crippen MR) is 118 cm³/mol. The fraction of sp³-hybridized carbons (Fsp3) is 0.160. The molecule has 0 spiro atoms. The van der Waals surface area contributed by atoms with Crippen LogP contribution in [0.3, 0.4) is 0 Å². The second-order valence-corrected chi connectivity index (χ2v) is 7.57. The number of ketones is 1. The van der Waals surface area contributed by atoms with Crippen molar-refractivity contribution in [3.8, 4) is 11.5 Å². The monoisotopic (exact) mass is 428 g/mol. The van der Waals surface area contributed by atoms with Crippen molar-refractivity contribution in [2.75, 3.05) is 18.6 Å². The summed E-state index contributed by atoms with van der Waals surface area (Å²) in [6.07, 6.45) is 3.91. The SMILES string of the molecule is COc1cccc(N2C(=O)C(=O)/C(=C(\O)c3ccc4c(c3)CCO4)C2c2ccncc2)c1. The van der Waals surface area contributed by atoms with E-state index in [9.17, 15) is 14.7 Å². The minimum Gasteiger partial charge on any atom is -0.507 e. The van der Waals surface area contributed by atoms with E-state index in [-0.39, 0.29) is 11.3 Å². The van der Waals surface area contributed by atoms with Crippen LogP contribution in [-0.2, 0) is 16.0 Å². The van der Waals surface area contributed by atoms with Crippen LogP contribution in [0.15, 0.2) is 72.6 Å². The number of carbonyl (C=O) groups is 2. The van der Waals surface area contributed by atoms with Crippen LogP contribution >= 0.6 is 0 Å². The fourth-order valence-corrected chi connectivity index (χ4v) is 4.21. The largest absolute Gasteiger partial charge is 0.507 e. The molecule has 7 nitrogen and oxygen atoms in total. The summed E-state index contributed by atoms with van der Waals surface area (Å²) in [4.78, 5) is 31.8. The van der Waals surface area contributed by atoms with Gasteiger partial charge in [-0.2, -0.15) is 0 Å². The summed E-state index contributed by atoms with van der Waals surface area (Å²) in [5.41, 5.74) is 2.61. The molecule has 3 aromatic rings. The van der Waals surface area contributed by atoms with Crippen LogP contribution in [0.25, 0.3) is 5.76 Å². The zero-order chi connectivity index (χ0) is 22.2. The van der Waals surface area contributed by atoms with Gasteiger partial charge in [0.2, 0.25) is 0 Å². The highest BCUT2D eigenvalue weighted by molar-refractivity contribution is 6.51. The number of aliphatic hydroxyl groups excluding tert-OH is 1. The highest BCUT2D eigenvalue weighted by atomic mass is 16.5. The first-order chi connectivity index (χ1) is 15.6. The van der Waals surface area contributed by atoms with Crippen molar-refractivity contribution < 1.29 is 24.2 Å². The molecular formula is C25H20N2O5. The number of hydrogen-bond acceptors (Lipinski definition) is 6. The number of aliphatic hydroxyl groups is 1. The van der Waals surface area contributed by atoms with Gasteiger partial charge in [-0.3, -0.25) is 19.5 Å². The first kappa shape index (κ1) is 19.8. The summed E-state index contributed by atoms with van der Waals surface area (Å²) in [7, 11) is 1.53. The van der Waals surface area contributed by atoms with Gasteiger partial charge in [0.25, 0.3) is 11.7 Å². The van der Waals surface area contributed by atoms with Crippen LogP contribution in [0.1, 0.15) is 22.7 Å². The van der Waals surface area contributed by atoms with Crippen LogP contribution in [-0.4, -0.2) is 35.5 Å². The number of hydrogen-bond donors (Lipinski definition) is 1. The maximum absolute atomic E-state index is 13.2. The molecule has 1 saturated heterocycles. The van der Waals surface area contributed by atoms with E-state index < -0.39 is 17.7 Å². The maximum atomic E-state index is 13.2. The summed E-state index contributed by atoms with van der Waals surface area (Å²) >= 11 is 0. The molecule has 2 aliphatic heterocycles. The number of carbonyl (C=O) groups excluding carboxylic acids is 2. The molecule has 7 heteroatoms. The Morgan fingerprint density at radius 2 is 1.94 bits per heavy atom. The molecule has 0 radical (unpaired) electrons. The van der Waals surface area contributed by atoms with Crippen molar-refractivity contribution in [2.45, 2.75) is 12.5 Å². The van der Waals surface area contributed by atoms with Crippen LogP contribution in [0, 0.1) is 0 Å². The number of methoxy groups -OCH3 is 1. The Labute approximate surface area is 184 Å². The van der Waals surface area contributed by atoms with Gasteiger partial charge >= 0.3 is 0 Å². The number of fused-ring (bicyclic) bond motifs is 1. The van der Waals surface area contributed by atoms with E-state index in [0.29, 0.717) is 29.2 Å². The lowest BCUT2D eigenvalue weighted by atomic mass is 9.95. The van der Waals surface area contributed by atoms with Gasteiger partial charge in [0.15, 0.2) is 0 Å². The minimum absolute atomic E-state index is 0.0304. The molecule has 32 heavy (non-hydrogen) atoms. The second kappa shape index (κ2) is 7.85. The quantitative estimate of drug-likeness (QED) is 0.388. The molecule has 1 atom stereocenters. The molecule has 1 aromatic heterocycles. The number of anilines is 1. The molecule has 0 bridgehead atoms. The third-order valence-corrected chi connectivity index (χ3v) is 5.76. The van der Waals surface area contributed by atoms with Gasteiger partial charge in [-0.25, -0.2) is 0 Å². The van der Waals surface area contributed by atoms with Crippen molar-refractivity contribution in [1.29, 1.82) is 0 Å². The summed E-state index contributed by atoms with van der Waals surface area (Å²) in [5, 5.41) is 11.2. The maximum Gasteiger partial charge on any atom is 0.300 e. The molecule has 1 N–H and O–H groups in total. The first-order valence-corrected chi connectivity index (χ1v) is 10.2. The highest BCUT2D eigenvalue weighted by Gasteiger charge is 2.47. The first-order valence-electron chi connectivity index (χ1n) is 10.2. The van der Waals surface area contributed by atoms with Gasteiger partial charge < -0.3 is 14.6 Å². The molecule has 1 amide bonds. The van der Waals surface area contributed by atoms with Gasteiger partial charge in [-0.1, -0.05) is 6.07 Å². The number of ether oxygens (including phenoxy) is 2. The van der Waals surface area contributed by atoms with Crippen LogP contribution in [0.2, 0.25) is 0 Å². The minimum atomic E-state index is -0.811. The summed E-state index contributed by atoms with van der Waals surface area (Å²) in [6, 6.07) is 14.8. The van der Waals surface area contributed by atoms with E-state index in [1.54, 1.807) is 67.0 Å². The predicted octanol–water partition coefficient (Wildman–Crippen LogP) is 3.65. The number of benzene rings is 2. The average molecular weight is 428 g/mol. The Hall–Kier alpha value is -4.13. The summed E-state index contributed by atoms with van der Waals surface area (Å²) in [6.45, 7) is 0.580. The Bertz CT molecular complexity index is 1250. The van der Waals surface area contributed by atoms with Crippen LogP contribution in [0.5, 0.6) is 11.5 Å². The van der Waals surface area contributed by atoms with E-state index in [2.05, 4.69) is 4.98 Å². The van der Waals surface area contributed by atoms with Crippen molar-refractivity contribution in [1.82, 2.24) is 4.98 Å². The lowest BCUT2D eigenvalue weighted by Gasteiger charge is -2.25. The van der Waals surface area contributed by atoms with E-state index in [0.717, 1.165) is 17.7 Å². The lowest BCUT2D eigenvalue weighted by Crippen LogP contribution is -2.29. The van der Waals surface area contributed by atoms with Gasteiger partial charge in [0.05, 0.1) is 25.3 Å². The second-order valence-electron chi connectivity index (χ2n) is 7.57. The van der Waals surface area contributed by atoms with Gasteiger partial charge in [-0.15, -0.1) is 0 Å². The number of rotatable bonds is 4.